The maximum atomic E-state index is 15.2. The SMILES string of the molecule is NC(=O)[C@@H](Nc1cncc(F)c1CC[C@@H]1CN[C@H](COC(=O)NCCN2CCCC2)CO1)C(c1ccc(F)cc1)c1ccc(F)cc1. The van der Waals surface area contributed by atoms with E-state index in [0.29, 0.717) is 42.8 Å². The molecular formula is C34H41F3N6O4. The van der Waals surface area contributed by atoms with Gasteiger partial charge in [-0.05, 0) is 74.2 Å². The third kappa shape index (κ3) is 9.66. The van der Waals surface area contributed by atoms with E-state index >= 15 is 4.39 Å². The lowest BCUT2D eigenvalue weighted by Crippen LogP contribution is -2.49. The Hall–Kier alpha value is -4.20. The van der Waals surface area contributed by atoms with Crippen LogP contribution in [0.4, 0.5) is 23.7 Å². The van der Waals surface area contributed by atoms with E-state index in [1.54, 1.807) is 0 Å². The van der Waals surface area contributed by atoms with E-state index in [1.807, 2.05) is 0 Å². The number of carbonyl (C=O) groups excluding carboxylic acids is 2. The number of ether oxygens (including phenoxy) is 2. The van der Waals surface area contributed by atoms with E-state index in [2.05, 4.69) is 25.8 Å². The molecule has 10 nitrogen and oxygen atoms in total. The summed E-state index contributed by atoms with van der Waals surface area (Å²) < 4.78 is 54.1. The standard InChI is InChI=1S/C34H41F3N6O4/c35-24-7-3-22(4-8-24)31(23-5-9-25(36)10-6-23)32(33(38)44)42-30-19-39-18-29(37)28(30)12-11-27-17-41-26(20-46-27)21-47-34(45)40-13-16-43-14-1-2-15-43/h3-10,18-19,26-27,31-32,41-42H,1-2,11-17,20-21H2,(H2,38,44)(H,40,45)/t26-,27+,32-/m0/s1. The molecule has 47 heavy (non-hydrogen) atoms. The van der Waals surface area contributed by atoms with E-state index in [-0.39, 0.29) is 30.9 Å². The summed E-state index contributed by atoms with van der Waals surface area (Å²) in [5.74, 6) is -2.98. The van der Waals surface area contributed by atoms with E-state index < -0.39 is 41.4 Å². The van der Waals surface area contributed by atoms with Gasteiger partial charge < -0.3 is 36.1 Å². The molecule has 0 unspecified atom stereocenters. The second-order valence-corrected chi connectivity index (χ2v) is 11.9. The molecule has 2 aliphatic rings. The first-order valence-electron chi connectivity index (χ1n) is 15.9. The van der Waals surface area contributed by atoms with Gasteiger partial charge in [0.05, 0.1) is 36.8 Å². The molecule has 13 heteroatoms. The fourth-order valence-corrected chi connectivity index (χ4v) is 6.06. The minimum absolute atomic E-state index is 0.160. The van der Waals surface area contributed by atoms with Crippen molar-refractivity contribution in [2.24, 2.45) is 5.73 Å². The zero-order valence-electron chi connectivity index (χ0n) is 26.1. The zero-order chi connectivity index (χ0) is 33.2. The van der Waals surface area contributed by atoms with Gasteiger partial charge in [0.25, 0.3) is 0 Å². The number of nitrogens with zero attached hydrogens (tertiary/aromatic N) is 2. The fourth-order valence-electron chi connectivity index (χ4n) is 6.06. The number of halogens is 3. The van der Waals surface area contributed by atoms with Gasteiger partial charge in [-0.25, -0.2) is 18.0 Å². The highest BCUT2D eigenvalue weighted by Crippen LogP contribution is 2.32. The molecule has 5 rings (SSSR count). The largest absolute Gasteiger partial charge is 0.448 e. The maximum absolute atomic E-state index is 15.2. The summed E-state index contributed by atoms with van der Waals surface area (Å²) in [5, 5.41) is 9.19. The van der Waals surface area contributed by atoms with Crippen LogP contribution in [-0.2, 0) is 20.7 Å². The van der Waals surface area contributed by atoms with Gasteiger partial charge in [-0.1, -0.05) is 24.3 Å². The summed E-state index contributed by atoms with van der Waals surface area (Å²) >= 11 is 0. The minimum Gasteiger partial charge on any atom is -0.448 e. The van der Waals surface area contributed by atoms with Crippen molar-refractivity contribution in [3.05, 3.63) is 95.1 Å². The molecule has 252 valence electrons. The van der Waals surface area contributed by atoms with Crippen molar-refractivity contribution in [1.82, 2.24) is 20.5 Å². The van der Waals surface area contributed by atoms with E-state index in [0.717, 1.165) is 25.8 Å². The quantitative estimate of drug-likeness (QED) is 0.207. The van der Waals surface area contributed by atoms with Crippen molar-refractivity contribution >= 4 is 17.7 Å². The molecule has 0 spiro atoms. The molecule has 0 aliphatic carbocycles. The van der Waals surface area contributed by atoms with Gasteiger partial charge in [0.2, 0.25) is 5.91 Å². The molecule has 2 fully saturated rings. The van der Waals surface area contributed by atoms with E-state index in [4.69, 9.17) is 15.2 Å². The van der Waals surface area contributed by atoms with Crippen LogP contribution in [0.2, 0.25) is 0 Å². The number of morpholine rings is 1. The first-order valence-corrected chi connectivity index (χ1v) is 15.9. The van der Waals surface area contributed by atoms with Crippen LogP contribution in [-0.4, -0.2) is 86.0 Å². The molecule has 3 aromatic rings. The maximum Gasteiger partial charge on any atom is 0.407 e. The molecule has 2 aliphatic heterocycles. The molecule has 0 radical (unpaired) electrons. The molecule has 2 saturated heterocycles. The predicted octanol–water partition coefficient (Wildman–Crippen LogP) is 3.71. The number of primary amides is 1. The number of likely N-dealkylation sites (tertiary alicyclic amines) is 1. The fraction of sp³-hybridized carbons (Fsp3) is 0.441. The number of nitrogens with one attached hydrogen (secondary N) is 3. The number of alkyl carbamates (subject to hydrolysis) is 1. The summed E-state index contributed by atoms with van der Waals surface area (Å²) in [4.78, 5) is 31.3. The van der Waals surface area contributed by atoms with Gasteiger partial charge in [0.15, 0.2) is 0 Å². The number of nitrogens with two attached hydrogens (primary N) is 1. The number of hydrogen-bond acceptors (Lipinski definition) is 8. The Bertz CT molecular complexity index is 1420. The molecule has 3 atom stereocenters. The van der Waals surface area contributed by atoms with Crippen LogP contribution in [0.3, 0.4) is 0 Å². The van der Waals surface area contributed by atoms with Gasteiger partial charge in [-0.2, -0.15) is 0 Å². The Labute approximate surface area is 272 Å². The van der Waals surface area contributed by atoms with Crippen molar-refractivity contribution < 1.29 is 32.2 Å². The number of aromatic nitrogens is 1. The lowest BCUT2D eigenvalue weighted by Gasteiger charge is -2.31. The highest BCUT2D eigenvalue weighted by Gasteiger charge is 2.31. The predicted molar refractivity (Wildman–Crippen MR) is 170 cm³/mol. The zero-order valence-corrected chi connectivity index (χ0v) is 26.1. The van der Waals surface area contributed by atoms with Crippen molar-refractivity contribution in [3.63, 3.8) is 0 Å². The van der Waals surface area contributed by atoms with E-state index in [9.17, 15) is 18.4 Å². The molecule has 5 N–H and O–H groups in total. The van der Waals surface area contributed by atoms with Crippen molar-refractivity contribution in [1.29, 1.82) is 0 Å². The van der Waals surface area contributed by atoms with Gasteiger partial charge in [0.1, 0.15) is 30.1 Å². The van der Waals surface area contributed by atoms with E-state index in [1.165, 1.54) is 67.6 Å². The molecule has 1 aromatic heterocycles. The topological polar surface area (TPSA) is 131 Å². The summed E-state index contributed by atoms with van der Waals surface area (Å²) in [6.07, 6.45) is 4.92. The lowest BCUT2D eigenvalue weighted by atomic mass is 9.84. The number of carbonyl (C=O) groups is 2. The summed E-state index contributed by atoms with van der Waals surface area (Å²) in [6, 6.07) is 9.88. The smallest absolute Gasteiger partial charge is 0.407 e. The van der Waals surface area contributed by atoms with Gasteiger partial charge in [-0.15, -0.1) is 0 Å². The highest BCUT2D eigenvalue weighted by atomic mass is 19.1. The normalized spacial score (nSPS) is 19.0. The van der Waals surface area contributed by atoms with Crippen LogP contribution < -0.4 is 21.7 Å². The van der Waals surface area contributed by atoms with Crippen LogP contribution in [0.5, 0.6) is 0 Å². The second-order valence-electron chi connectivity index (χ2n) is 11.9. The monoisotopic (exact) mass is 654 g/mol. The number of benzene rings is 2. The molecule has 2 amide bonds. The van der Waals surface area contributed by atoms with Crippen molar-refractivity contribution in [2.45, 2.75) is 49.8 Å². The lowest BCUT2D eigenvalue weighted by molar-refractivity contribution is -0.119. The average Bonchev–Trinajstić information content (AvgIpc) is 3.59. The van der Waals surface area contributed by atoms with Gasteiger partial charge in [-0.3, -0.25) is 9.78 Å². The number of anilines is 1. The Morgan fingerprint density at radius 2 is 1.68 bits per heavy atom. The third-order valence-corrected chi connectivity index (χ3v) is 8.61. The van der Waals surface area contributed by atoms with Crippen LogP contribution >= 0.6 is 0 Å². The van der Waals surface area contributed by atoms with Gasteiger partial charge in [0, 0.05) is 31.1 Å². The molecule has 2 aromatic carbocycles. The Balaban J connectivity index is 1.18. The number of pyridine rings is 1. The number of hydrogen-bond donors (Lipinski definition) is 4. The summed E-state index contributed by atoms with van der Waals surface area (Å²) in [5.41, 5.74) is 7.55. The first kappa shape index (κ1) is 34.1. The van der Waals surface area contributed by atoms with Crippen LogP contribution in [0.25, 0.3) is 0 Å². The summed E-state index contributed by atoms with van der Waals surface area (Å²) in [6.45, 7) is 4.43. The van der Waals surface area contributed by atoms with Crippen molar-refractivity contribution in [2.75, 3.05) is 51.3 Å². The summed E-state index contributed by atoms with van der Waals surface area (Å²) in [7, 11) is 0. The van der Waals surface area contributed by atoms with Crippen molar-refractivity contribution in [3.8, 4) is 0 Å². The number of rotatable bonds is 14. The Morgan fingerprint density at radius 3 is 2.28 bits per heavy atom. The Kier molecular flexibility index (Phi) is 12.0. The van der Waals surface area contributed by atoms with Crippen LogP contribution in [0.1, 0.15) is 41.9 Å². The minimum atomic E-state index is -1.11. The second kappa shape index (κ2) is 16.6. The van der Waals surface area contributed by atoms with Crippen LogP contribution in [0.15, 0.2) is 60.9 Å². The molecule has 0 bridgehead atoms. The third-order valence-electron chi connectivity index (χ3n) is 8.61. The average molecular weight is 655 g/mol. The Morgan fingerprint density at radius 1 is 1.02 bits per heavy atom. The van der Waals surface area contributed by atoms with Gasteiger partial charge >= 0.3 is 6.09 Å². The number of amides is 2. The highest BCUT2D eigenvalue weighted by molar-refractivity contribution is 5.85. The molecule has 0 saturated carbocycles. The van der Waals surface area contributed by atoms with Crippen LogP contribution in [0, 0.1) is 17.5 Å². The first-order chi connectivity index (χ1) is 22.8. The molecular weight excluding hydrogens is 613 g/mol. The molecule has 3 heterocycles.